The van der Waals surface area contributed by atoms with Gasteiger partial charge in [0.2, 0.25) is 5.88 Å². The highest BCUT2D eigenvalue weighted by Gasteiger charge is 2.24. The Labute approximate surface area is 152 Å². The van der Waals surface area contributed by atoms with Gasteiger partial charge in [0.05, 0.1) is 10.6 Å². The third-order valence-electron chi connectivity index (χ3n) is 4.89. The Morgan fingerprint density at radius 1 is 1.04 bits per heavy atom. The van der Waals surface area contributed by atoms with E-state index in [4.69, 9.17) is 4.74 Å². The van der Waals surface area contributed by atoms with Crippen LogP contribution in [0.5, 0.6) is 5.75 Å². The first-order chi connectivity index (χ1) is 12.7. The van der Waals surface area contributed by atoms with Crippen LogP contribution >= 0.6 is 0 Å². The van der Waals surface area contributed by atoms with Crippen LogP contribution in [0, 0.1) is 10.1 Å². The Hall–Kier alpha value is -3.02. The quantitative estimate of drug-likeness (QED) is 0.619. The van der Waals surface area contributed by atoms with E-state index in [-0.39, 0.29) is 10.6 Å². The predicted octanol–water partition coefficient (Wildman–Crippen LogP) is 4.65. The first kappa shape index (κ1) is 16.4. The lowest BCUT2D eigenvalue weighted by atomic mass is 9.95. The van der Waals surface area contributed by atoms with E-state index in [2.05, 4.69) is 10.6 Å². The molecule has 2 aromatic rings. The number of benzene rings is 2. The van der Waals surface area contributed by atoms with E-state index in [1.54, 1.807) is 12.1 Å². The highest BCUT2D eigenvalue weighted by molar-refractivity contribution is 5.83. The first-order valence-electron chi connectivity index (χ1n) is 9.00. The molecule has 0 amide bonds. The largest absolute Gasteiger partial charge is 0.437 e. The van der Waals surface area contributed by atoms with Crippen LogP contribution in [0.15, 0.2) is 54.4 Å². The molecule has 1 aliphatic heterocycles. The van der Waals surface area contributed by atoms with Gasteiger partial charge in [-0.15, -0.1) is 0 Å². The molecule has 0 atom stereocenters. The average Bonchev–Trinajstić information content (AvgIpc) is 2.68. The van der Waals surface area contributed by atoms with Crippen LogP contribution in [0.2, 0.25) is 0 Å². The number of hydrogen-bond donors (Lipinski definition) is 2. The second kappa shape index (κ2) is 7.07. The molecule has 134 valence electrons. The molecule has 2 aliphatic rings. The summed E-state index contributed by atoms with van der Waals surface area (Å²) in [6.07, 6.45) is 5.99. The number of hydrogen-bond acceptors (Lipinski definition) is 5. The number of ether oxygens (including phenoxy) is 1. The van der Waals surface area contributed by atoms with E-state index >= 15 is 0 Å². The molecule has 0 spiro atoms. The zero-order valence-electron chi connectivity index (χ0n) is 14.4. The number of anilines is 1. The second-order valence-corrected chi connectivity index (χ2v) is 6.71. The van der Waals surface area contributed by atoms with Crippen LogP contribution in [0.3, 0.4) is 0 Å². The van der Waals surface area contributed by atoms with Crippen LogP contribution in [0.25, 0.3) is 5.70 Å². The molecule has 1 saturated carbocycles. The number of rotatable bonds is 4. The summed E-state index contributed by atoms with van der Waals surface area (Å²) in [7, 11) is 0. The minimum absolute atomic E-state index is 0.0771. The highest BCUT2D eigenvalue weighted by Crippen LogP contribution is 2.36. The summed E-state index contributed by atoms with van der Waals surface area (Å²) in [5, 5.41) is 17.9. The van der Waals surface area contributed by atoms with Gasteiger partial charge in [-0.2, -0.15) is 0 Å². The standard InChI is InChI=1S/C20H21N3O3/c24-23(25)16-12-10-14(11-13-16)19-20(21-15-6-2-1-3-7-15)26-18-9-5-4-8-17(18)22-19/h4-5,8-13,15,21-22H,1-3,6-7H2. The Kier molecular flexibility index (Phi) is 4.48. The first-order valence-corrected chi connectivity index (χ1v) is 9.00. The lowest BCUT2D eigenvalue weighted by Gasteiger charge is -2.30. The summed E-state index contributed by atoms with van der Waals surface area (Å²) >= 11 is 0. The minimum Gasteiger partial charge on any atom is -0.437 e. The van der Waals surface area contributed by atoms with Crippen molar-refractivity contribution in [1.82, 2.24) is 5.32 Å². The number of nitro benzene ring substituents is 1. The molecule has 0 radical (unpaired) electrons. The molecular weight excluding hydrogens is 330 g/mol. The molecule has 2 N–H and O–H groups in total. The lowest BCUT2D eigenvalue weighted by molar-refractivity contribution is -0.384. The Bertz CT molecular complexity index is 840. The number of nitrogens with one attached hydrogen (secondary N) is 2. The van der Waals surface area contributed by atoms with E-state index in [0.717, 1.165) is 35.5 Å². The van der Waals surface area contributed by atoms with Crippen LogP contribution in [0.4, 0.5) is 11.4 Å². The summed E-state index contributed by atoms with van der Waals surface area (Å²) in [6.45, 7) is 0. The number of fused-ring (bicyclic) bond motifs is 1. The highest BCUT2D eigenvalue weighted by atomic mass is 16.6. The molecule has 6 nitrogen and oxygen atoms in total. The molecule has 0 unspecified atom stereocenters. The predicted molar refractivity (Wildman–Crippen MR) is 101 cm³/mol. The van der Waals surface area contributed by atoms with Crippen molar-refractivity contribution >= 4 is 17.1 Å². The SMILES string of the molecule is O=[N+]([O-])c1ccc(C2=C(NC3CCCCC3)Oc3ccccc3N2)cc1. The summed E-state index contributed by atoms with van der Waals surface area (Å²) in [5.74, 6) is 1.46. The van der Waals surface area contributed by atoms with Gasteiger partial charge in [0.15, 0.2) is 5.75 Å². The number of nitrogens with zero attached hydrogens (tertiary/aromatic N) is 1. The number of nitro groups is 1. The summed E-state index contributed by atoms with van der Waals surface area (Å²) < 4.78 is 6.15. The maximum atomic E-state index is 10.9. The third kappa shape index (κ3) is 3.35. The van der Waals surface area contributed by atoms with Crippen molar-refractivity contribution in [3.63, 3.8) is 0 Å². The molecule has 4 rings (SSSR count). The maximum Gasteiger partial charge on any atom is 0.269 e. The van der Waals surface area contributed by atoms with Gasteiger partial charge < -0.3 is 15.4 Å². The fourth-order valence-electron chi connectivity index (χ4n) is 3.50. The number of para-hydroxylation sites is 2. The summed E-state index contributed by atoms with van der Waals surface area (Å²) in [5.41, 5.74) is 2.62. The maximum absolute atomic E-state index is 10.9. The molecule has 0 saturated heterocycles. The Morgan fingerprint density at radius 3 is 2.50 bits per heavy atom. The monoisotopic (exact) mass is 351 g/mol. The van der Waals surface area contributed by atoms with E-state index in [0.29, 0.717) is 11.9 Å². The minimum atomic E-state index is -0.389. The van der Waals surface area contributed by atoms with Gasteiger partial charge >= 0.3 is 0 Å². The zero-order valence-corrected chi connectivity index (χ0v) is 14.4. The molecule has 1 aliphatic carbocycles. The van der Waals surface area contributed by atoms with Gasteiger partial charge in [-0.3, -0.25) is 10.1 Å². The van der Waals surface area contributed by atoms with Gasteiger partial charge in [0, 0.05) is 23.7 Å². The van der Waals surface area contributed by atoms with Gasteiger partial charge in [0.1, 0.15) is 5.70 Å². The van der Waals surface area contributed by atoms with Crippen molar-refractivity contribution in [3.05, 3.63) is 70.1 Å². The molecule has 0 aromatic heterocycles. The third-order valence-corrected chi connectivity index (χ3v) is 4.89. The van der Waals surface area contributed by atoms with Crippen LogP contribution in [-0.4, -0.2) is 11.0 Å². The van der Waals surface area contributed by atoms with E-state index in [1.807, 2.05) is 24.3 Å². The van der Waals surface area contributed by atoms with E-state index < -0.39 is 0 Å². The summed E-state index contributed by atoms with van der Waals surface area (Å²) in [6, 6.07) is 14.7. The van der Waals surface area contributed by atoms with Crippen molar-refractivity contribution in [2.24, 2.45) is 0 Å². The Balaban J connectivity index is 1.68. The summed E-state index contributed by atoms with van der Waals surface area (Å²) in [4.78, 5) is 10.5. The smallest absolute Gasteiger partial charge is 0.269 e. The van der Waals surface area contributed by atoms with Gasteiger partial charge in [-0.25, -0.2) is 0 Å². The molecule has 26 heavy (non-hydrogen) atoms. The van der Waals surface area contributed by atoms with Crippen LogP contribution in [0.1, 0.15) is 37.7 Å². The van der Waals surface area contributed by atoms with Crippen molar-refractivity contribution < 1.29 is 9.66 Å². The van der Waals surface area contributed by atoms with Gasteiger partial charge in [0.25, 0.3) is 5.69 Å². The van der Waals surface area contributed by atoms with Crippen molar-refractivity contribution in [2.75, 3.05) is 5.32 Å². The number of non-ortho nitro benzene ring substituents is 1. The molecule has 6 heteroatoms. The molecule has 0 bridgehead atoms. The van der Waals surface area contributed by atoms with E-state index in [1.165, 1.54) is 31.4 Å². The van der Waals surface area contributed by atoms with Crippen LogP contribution in [-0.2, 0) is 0 Å². The molecule has 1 heterocycles. The van der Waals surface area contributed by atoms with Crippen molar-refractivity contribution in [3.8, 4) is 5.75 Å². The van der Waals surface area contributed by atoms with Crippen LogP contribution < -0.4 is 15.4 Å². The van der Waals surface area contributed by atoms with E-state index in [9.17, 15) is 10.1 Å². The molecular formula is C20H21N3O3. The van der Waals surface area contributed by atoms with Crippen molar-refractivity contribution in [1.29, 1.82) is 0 Å². The fraction of sp³-hybridized carbons (Fsp3) is 0.300. The second-order valence-electron chi connectivity index (χ2n) is 6.71. The van der Waals surface area contributed by atoms with Crippen molar-refractivity contribution in [2.45, 2.75) is 38.1 Å². The molecule has 2 aromatic carbocycles. The lowest BCUT2D eigenvalue weighted by Crippen LogP contribution is -2.35. The average molecular weight is 351 g/mol. The normalized spacial score (nSPS) is 17.1. The topological polar surface area (TPSA) is 76.4 Å². The Morgan fingerprint density at radius 2 is 1.77 bits per heavy atom. The van der Waals surface area contributed by atoms with Gasteiger partial charge in [-0.1, -0.05) is 31.4 Å². The zero-order chi connectivity index (χ0) is 17.9. The molecule has 1 fully saturated rings. The fourth-order valence-corrected chi connectivity index (χ4v) is 3.50. The van der Waals surface area contributed by atoms with Gasteiger partial charge in [-0.05, 0) is 37.1 Å².